The first kappa shape index (κ1) is 41.9. The van der Waals surface area contributed by atoms with Crippen LogP contribution >= 0.6 is 26.0 Å². The summed E-state index contributed by atoms with van der Waals surface area (Å²) in [6, 6.07) is 76.6. The molecule has 0 N–H and O–H groups in total. The molecule has 0 saturated heterocycles. The van der Waals surface area contributed by atoms with Crippen LogP contribution in [-0.4, -0.2) is 0 Å². The molecule has 273 valence electrons. The summed E-state index contributed by atoms with van der Waals surface area (Å²) in [7, 11) is 3.26. The Balaban J connectivity index is 0.000000193. The third-order valence-corrected chi connectivity index (χ3v) is 14.1. The number of hydrogen-bond donors (Lipinski definition) is 0. The minimum Gasteiger partial charge on any atom is -0.0622 e. The van der Waals surface area contributed by atoms with Gasteiger partial charge in [-0.2, -0.15) is 35.9 Å². The molecular formula is C49H51ClNiP2+. The topological polar surface area (TPSA) is 0 Å². The Hall–Kier alpha value is -3.82. The molecule has 0 aromatic heterocycles. The van der Waals surface area contributed by atoms with Crippen molar-refractivity contribution in [2.45, 2.75) is 43.9 Å². The van der Waals surface area contributed by atoms with Crippen LogP contribution < -0.4 is 0 Å². The average Bonchev–Trinajstić information content (AvgIpc) is 3.22. The van der Waals surface area contributed by atoms with E-state index in [1.807, 2.05) is 31.2 Å². The molecule has 0 fully saturated rings. The Morgan fingerprint density at radius 1 is 0.340 bits per heavy atom. The molecule has 0 aliphatic heterocycles. The van der Waals surface area contributed by atoms with Gasteiger partial charge in [-0.1, -0.05) is 189 Å². The van der Waals surface area contributed by atoms with Crippen LogP contribution in [-0.2, 0) is 51.5 Å². The van der Waals surface area contributed by atoms with Crippen molar-refractivity contribution in [1.82, 2.24) is 0 Å². The van der Waals surface area contributed by atoms with Crippen molar-refractivity contribution in [3.8, 4) is 0 Å². The third-order valence-electron chi connectivity index (χ3n) is 8.65. The Morgan fingerprint density at radius 2 is 0.547 bits per heavy atom. The minimum atomic E-state index is -0.502. The normalized spacial score (nSPS) is 10.2. The van der Waals surface area contributed by atoms with Crippen molar-refractivity contribution in [3.05, 3.63) is 251 Å². The molecule has 7 rings (SSSR count). The van der Waals surface area contributed by atoms with E-state index in [1.165, 1.54) is 75.9 Å². The van der Waals surface area contributed by atoms with Gasteiger partial charge in [0.15, 0.2) is 0 Å². The Labute approximate surface area is 333 Å². The van der Waals surface area contributed by atoms with Crippen LogP contribution in [0.2, 0.25) is 0 Å². The monoisotopic (exact) mass is 794 g/mol. The fraction of sp³-hybridized carbons (Fsp3) is 0.143. The van der Waals surface area contributed by atoms with Gasteiger partial charge in [-0.3, -0.25) is 0 Å². The molecule has 4 heteroatoms. The molecule has 53 heavy (non-hydrogen) atoms. The van der Waals surface area contributed by atoms with Gasteiger partial charge in [-0.25, -0.2) is 0 Å². The summed E-state index contributed by atoms with van der Waals surface area (Å²) in [4.78, 5) is 0. The molecule has 0 aliphatic carbocycles. The molecule has 0 nitrogen and oxygen atoms in total. The molecule has 0 radical (unpaired) electrons. The number of benzene rings is 7. The van der Waals surface area contributed by atoms with Crippen LogP contribution in [0.5, 0.6) is 0 Å². The van der Waals surface area contributed by atoms with Gasteiger partial charge in [0.05, 0.1) is 37.0 Å². The zero-order valence-corrected chi connectivity index (χ0v) is 34.3. The molecule has 0 spiro atoms. The molecule has 0 atom stereocenters. The van der Waals surface area contributed by atoms with Crippen LogP contribution in [0.15, 0.2) is 206 Å². The van der Waals surface area contributed by atoms with Crippen molar-refractivity contribution in [2.75, 3.05) is 0 Å². The predicted molar refractivity (Wildman–Crippen MR) is 233 cm³/mol. The standard InChI is InChI=1S/2C21H21P.C7H7.ClH.Ni/c2*1-4-10-19(11-5-1)16-22(17-20-12-6-2-7-13-20)18-21-14-8-3-9-15-21;1-7-5-3-2-4-6-7;;/h2*1-15H,16-18H2;2-5H,1H3;1H;/q;;-1;;+1/p+1. The third kappa shape index (κ3) is 17.7. The zero-order chi connectivity index (χ0) is 37.2. The van der Waals surface area contributed by atoms with Gasteiger partial charge in [0.1, 0.15) is 0 Å². The van der Waals surface area contributed by atoms with E-state index in [0.717, 1.165) is 0 Å². The SMILES string of the molecule is Cc1[c-]cccc1.[Cl][Ni].c1ccc(C[PH+](Cc2ccccc2)Cc2ccccc2)cc1.c1ccc(C[PH+](Cc2ccccc2)Cc2ccccc2)cc1. The van der Waals surface area contributed by atoms with Crippen LogP contribution in [0.4, 0.5) is 0 Å². The number of hydrogen-bond acceptors (Lipinski definition) is 0. The van der Waals surface area contributed by atoms with Gasteiger partial charge in [0.25, 0.3) is 0 Å². The van der Waals surface area contributed by atoms with Gasteiger partial charge < -0.3 is 0 Å². The Morgan fingerprint density at radius 3 is 0.698 bits per heavy atom. The number of aryl methyl sites for hydroxylation is 1. The second-order valence-corrected chi connectivity index (χ2v) is 18.1. The van der Waals surface area contributed by atoms with Gasteiger partial charge in [0.2, 0.25) is 0 Å². The Bertz CT molecular complexity index is 1560. The van der Waals surface area contributed by atoms with Crippen molar-refractivity contribution in [1.29, 1.82) is 0 Å². The van der Waals surface area contributed by atoms with E-state index in [4.69, 9.17) is 0 Å². The van der Waals surface area contributed by atoms with Crippen molar-refractivity contribution < 1.29 is 14.6 Å². The van der Waals surface area contributed by atoms with Gasteiger partial charge >= 0.3 is 24.8 Å². The maximum Gasteiger partial charge on any atom is 0.0826 e. The predicted octanol–water partition coefficient (Wildman–Crippen LogP) is 14.1. The summed E-state index contributed by atoms with van der Waals surface area (Å²) >= 11 is 3.35. The number of rotatable bonds is 12. The molecule has 0 unspecified atom stereocenters. The molecule has 0 amide bonds. The van der Waals surface area contributed by atoms with E-state index in [-0.39, 0.29) is 0 Å². The molecule has 7 aromatic carbocycles. The zero-order valence-electron chi connectivity index (χ0n) is 30.6. The summed E-state index contributed by atoms with van der Waals surface area (Å²) in [6.45, 7) is 2.03. The average molecular weight is 796 g/mol. The van der Waals surface area contributed by atoms with Crippen LogP contribution in [0, 0.1) is 13.0 Å². The summed E-state index contributed by atoms with van der Waals surface area (Å²) in [5.41, 5.74) is 10.0. The summed E-state index contributed by atoms with van der Waals surface area (Å²) in [5, 5.41) is 0. The van der Waals surface area contributed by atoms with E-state index in [2.05, 4.69) is 213 Å². The second kappa shape index (κ2) is 26.0. The van der Waals surface area contributed by atoms with Crippen LogP contribution in [0.25, 0.3) is 0 Å². The summed E-state index contributed by atoms with van der Waals surface area (Å²) in [6.07, 6.45) is 7.39. The molecular weight excluding hydrogens is 745 g/mol. The van der Waals surface area contributed by atoms with Gasteiger partial charge in [0, 0.05) is 15.8 Å². The van der Waals surface area contributed by atoms with E-state index >= 15 is 0 Å². The largest absolute Gasteiger partial charge is 0.0826 e. The van der Waals surface area contributed by atoms with E-state index in [9.17, 15) is 0 Å². The van der Waals surface area contributed by atoms with Crippen LogP contribution in [0.3, 0.4) is 0 Å². The van der Waals surface area contributed by atoms with Crippen molar-refractivity contribution in [3.63, 3.8) is 0 Å². The molecule has 0 bridgehead atoms. The van der Waals surface area contributed by atoms with E-state index in [0.29, 0.717) is 0 Å². The van der Waals surface area contributed by atoms with E-state index < -0.39 is 15.8 Å². The van der Waals surface area contributed by atoms with Crippen LogP contribution in [0.1, 0.15) is 38.9 Å². The number of halogens is 1. The van der Waals surface area contributed by atoms with Gasteiger partial charge in [-0.15, -0.1) is 0 Å². The molecule has 0 heterocycles. The van der Waals surface area contributed by atoms with E-state index in [1.54, 1.807) is 0 Å². The fourth-order valence-corrected chi connectivity index (χ4v) is 11.8. The summed E-state index contributed by atoms with van der Waals surface area (Å²) < 4.78 is 0. The first-order valence-electron chi connectivity index (χ1n) is 18.2. The molecule has 7 aromatic rings. The smallest absolute Gasteiger partial charge is 0.0622 e. The van der Waals surface area contributed by atoms with Crippen molar-refractivity contribution >= 4 is 26.0 Å². The molecule has 0 aliphatic rings. The second-order valence-electron chi connectivity index (χ2n) is 13.0. The first-order valence-corrected chi connectivity index (χ1v) is 23.8. The quantitative estimate of drug-likeness (QED) is 0.0656. The van der Waals surface area contributed by atoms with Crippen molar-refractivity contribution in [2.24, 2.45) is 0 Å². The van der Waals surface area contributed by atoms with Gasteiger partial charge in [-0.05, 0) is 33.4 Å². The Kier molecular flexibility index (Phi) is 20.6. The maximum absolute atomic E-state index is 4.26. The fourth-order valence-electron chi connectivity index (χ4n) is 6.17. The summed E-state index contributed by atoms with van der Waals surface area (Å²) in [5.74, 6) is 0. The molecule has 0 saturated carbocycles. The maximum atomic E-state index is 4.26. The first-order chi connectivity index (χ1) is 26.2. The minimum absolute atomic E-state index is 0.502.